The number of anilines is 1. The third-order valence-electron chi connectivity index (χ3n) is 4.51. The summed E-state index contributed by atoms with van der Waals surface area (Å²) in [7, 11) is 0. The molecule has 0 saturated heterocycles. The molecule has 1 amide bonds. The summed E-state index contributed by atoms with van der Waals surface area (Å²) in [5, 5.41) is 26.1. The Hall–Kier alpha value is -4.68. The molecule has 1 N–H and O–H groups in total. The summed E-state index contributed by atoms with van der Waals surface area (Å²) in [6.07, 6.45) is 1.49. The Morgan fingerprint density at radius 2 is 1.77 bits per heavy atom. The third-order valence-corrected chi connectivity index (χ3v) is 4.51. The first kappa shape index (κ1) is 18.7. The first-order valence-corrected chi connectivity index (χ1v) is 9.07. The van der Waals surface area contributed by atoms with Crippen LogP contribution in [-0.4, -0.2) is 11.1 Å². The molecule has 0 unspecified atom stereocenters. The minimum atomic E-state index is -0.589. The Kier molecular flexibility index (Phi) is 5.06. The molecule has 30 heavy (non-hydrogen) atoms. The number of nitrogens with one attached hydrogen (secondary N) is 1. The molecule has 0 spiro atoms. The van der Waals surface area contributed by atoms with E-state index in [0.717, 1.165) is 10.9 Å². The molecule has 4 aromatic rings. The molecule has 0 radical (unpaired) electrons. The topological polar surface area (TPSA) is 103 Å². The van der Waals surface area contributed by atoms with E-state index >= 15 is 0 Å². The van der Waals surface area contributed by atoms with E-state index < -0.39 is 5.91 Å². The number of rotatable bonds is 4. The van der Waals surface area contributed by atoms with Crippen molar-refractivity contribution >= 4 is 28.6 Å². The van der Waals surface area contributed by atoms with Crippen LogP contribution in [0.3, 0.4) is 0 Å². The van der Waals surface area contributed by atoms with Gasteiger partial charge in [-0.1, -0.05) is 53.7 Å². The van der Waals surface area contributed by atoms with Gasteiger partial charge < -0.3 is 9.84 Å². The zero-order valence-corrected chi connectivity index (χ0v) is 15.7. The van der Waals surface area contributed by atoms with Gasteiger partial charge in [0.15, 0.2) is 5.76 Å². The molecule has 0 aliphatic rings. The minimum Gasteiger partial charge on any atom is -0.355 e. The number of amides is 1. The monoisotopic (exact) mass is 390 g/mol. The summed E-state index contributed by atoms with van der Waals surface area (Å²) in [6, 6.07) is 25.5. The summed E-state index contributed by atoms with van der Waals surface area (Å²) < 4.78 is 5.49. The molecule has 0 aliphatic heterocycles. The largest absolute Gasteiger partial charge is 0.355 e. The second kappa shape index (κ2) is 8.14. The van der Waals surface area contributed by atoms with E-state index in [1.165, 1.54) is 6.08 Å². The summed E-state index contributed by atoms with van der Waals surface area (Å²) in [6.45, 7) is 0. The van der Waals surface area contributed by atoms with Crippen LogP contribution in [-0.2, 0) is 4.79 Å². The number of nitrogens with zero attached hydrogens (tertiary/aromatic N) is 3. The number of carbonyl (C=O) groups excluding carboxylic acids is 1. The fourth-order valence-corrected chi connectivity index (χ4v) is 3.04. The van der Waals surface area contributed by atoms with Crippen LogP contribution in [0.1, 0.15) is 11.1 Å². The molecule has 0 fully saturated rings. The SMILES string of the molecule is N#CC(=Cc1ccc2noc(-c3ccccc3)c2c1)C(=O)Nc1ccccc1C#N. The van der Waals surface area contributed by atoms with Gasteiger partial charge in [0.2, 0.25) is 0 Å². The zero-order valence-electron chi connectivity index (χ0n) is 15.7. The van der Waals surface area contributed by atoms with Gasteiger partial charge in [-0.2, -0.15) is 10.5 Å². The predicted octanol–water partition coefficient (Wildman–Crippen LogP) is 4.91. The Bertz CT molecular complexity index is 1360. The van der Waals surface area contributed by atoms with E-state index in [1.54, 1.807) is 36.4 Å². The van der Waals surface area contributed by atoms with Gasteiger partial charge >= 0.3 is 0 Å². The van der Waals surface area contributed by atoms with Gasteiger partial charge in [-0.25, -0.2) is 0 Å². The van der Waals surface area contributed by atoms with E-state index in [1.807, 2.05) is 48.5 Å². The normalized spacial score (nSPS) is 10.9. The smallest absolute Gasteiger partial charge is 0.266 e. The van der Waals surface area contributed by atoms with Crippen molar-refractivity contribution in [1.29, 1.82) is 10.5 Å². The fraction of sp³-hybridized carbons (Fsp3) is 0. The van der Waals surface area contributed by atoms with E-state index in [2.05, 4.69) is 10.5 Å². The molecule has 6 nitrogen and oxygen atoms in total. The van der Waals surface area contributed by atoms with Gasteiger partial charge in [0.05, 0.1) is 16.6 Å². The molecule has 0 atom stereocenters. The molecule has 142 valence electrons. The maximum atomic E-state index is 12.6. The molecule has 0 saturated carbocycles. The Balaban J connectivity index is 1.68. The number of fused-ring (bicyclic) bond motifs is 1. The molecule has 3 aromatic carbocycles. The van der Waals surface area contributed by atoms with Crippen molar-refractivity contribution in [3.8, 4) is 23.5 Å². The molecular formula is C24H14N4O2. The van der Waals surface area contributed by atoms with E-state index in [9.17, 15) is 10.1 Å². The van der Waals surface area contributed by atoms with Gasteiger partial charge in [0.1, 0.15) is 23.2 Å². The lowest BCUT2D eigenvalue weighted by Gasteiger charge is -2.06. The highest BCUT2D eigenvalue weighted by Gasteiger charge is 2.14. The number of hydrogen-bond acceptors (Lipinski definition) is 5. The average Bonchev–Trinajstić information content (AvgIpc) is 3.21. The van der Waals surface area contributed by atoms with Crippen molar-refractivity contribution in [3.63, 3.8) is 0 Å². The fourth-order valence-electron chi connectivity index (χ4n) is 3.04. The van der Waals surface area contributed by atoms with Gasteiger partial charge in [0.25, 0.3) is 5.91 Å². The van der Waals surface area contributed by atoms with Crippen molar-refractivity contribution in [2.75, 3.05) is 5.32 Å². The van der Waals surface area contributed by atoms with Crippen LogP contribution < -0.4 is 5.32 Å². The standard InChI is InChI=1S/C24H14N4O2/c25-14-18-8-4-5-9-21(18)27-24(29)19(15-26)12-16-10-11-22-20(13-16)23(30-28-22)17-6-2-1-3-7-17/h1-13H,(H,27,29). The van der Waals surface area contributed by atoms with Crippen LogP contribution >= 0.6 is 0 Å². The summed E-state index contributed by atoms with van der Waals surface area (Å²) in [5.41, 5.74) is 2.81. The predicted molar refractivity (Wildman–Crippen MR) is 113 cm³/mol. The number of para-hydroxylation sites is 1. The van der Waals surface area contributed by atoms with E-state index in [-0.39, 0.29) is 5.57 Å². The van der Waals surface area contributed by atoms with Crippen LogP contribution in [0.25, 0.3) is 28.3 Å². The third kappa shape index (κ3) is 3.66. The minimum absolute atomic E-state index is 0.0835. The van der Waals surface area contributed by atoms with Crippen LogP contribution in [0, 0.1) is 22.7 Å². The highest BCUT2D eigenvalue weighted by molar-refractivity contribution is 6.10. The molecule has 1 heterocycles. The van der Waals surface area contributed by atoms with Gasteiger partial charge in [-0.05, 0) is 35.9 Å². The van der Waals surface area contributed by atoms with E-state index in [0.29, 0.717) is 28.1 Å². The summed E-state index contributed by atoms with van der Waals surface area (Å²) in [5.74, 6) is 0.0284. The maximum Gasteiger partial charge on any atom is 0.266 e. The molecule has 0 bridgehead atoms. The molecule has 6 heteroatoms. The maximum absolute atomic E-state index is 12.6. The quantitative estimate of drug-likeness (QED) is 0.394. The number of hydrogen-bond donors (Lipinski definition) is 1. The van der Waals surface area contributed by atoms with Crippen LogP contribution in [0.4, 0.5) is 5.69 Å². The highest BCUT2D eigenvalue weighted by Crippen LogP contribution is 2.29. The van der Waals surface area contributed by atoms with E-state index in [4.69, 9.17) is 9.78 Å². The number of carbonyl (C=O) groups is 1. The van der Waals surface area contributed by atoms with Crippen molar-refractivity contribution in [2.24, 2.45) is 0 Å². The average molecular weight is 390 g/mol. The van der Waals surface area contributed by atoms with Gasteiger partial charge in [-0.15, -0.1) is 0 Å². The first-order chi connectivity index (χ1) is 14.7. The van der Waals surface area contributed by atoms with Gasteiger partial charge in [0, 0.05) is 5.56 Å². The van der Waals surface area contributed by atoms with Crippen molar-refractivity contribution in [2.45, 2.75) is 0 Å². The lowest BCUT2D eigenvalue weighted by Crippen LogP contribution is -2.14. The van der Waals surface area contributed by atoms with Crippen LogP contribution in [0.2, 0.25) is 0 Å². The Morgan fingerprint density at radius 1 is 1.00 bits per heavy atom. The molecule has 4 rings (SSSR count). The lowest BCUT2D eigenvalue weighted by molar-refractivity contribution is -0.112. The number of aromatic nitrogens is 1. The zero-order chi connectivity index (χ0) is 20.9. The van der Waals surface area contributed by atoms with Crippen molar-refractivity contribution < 1.29 is 9.32 Å². The lowest BCUT2D eigenvalue weighted by atomic mass is 10.0. The van der Waals surface area contributed by atoms with Crippen molar-refractivity contribution in [1.82, 2.24) is 5.16 Å². The molecule has 0 aliphatic carbocycles. The molecule has 1 aromatic heterocycles. The van der Waals surface area contributed by atoms with Crippen LogP contribution in [0.15, 0.2) is 82.9 Å². The summed E-state index contributed by atoms with van der Waals surface area (Å²) >= 11 is 0. The first-order valence-electron chi connectivity index (χ1n) is 9.07. The number of benzene rings is 3. The Morgan fingerprint density at radius 3 is 2.53 bits per heavy atom. The summed E-state index contributed by atoms with van der Waals surface area (Å²) in [4.78, 5) is 12.6. The second-order valence-corrected chi connectivity index (χ2v) is 6.44. The van der Waals surface area contributed by atoms with Gasteiger partial charge in [-0.3, -0.25) is 4.79 Å². The molecular weight excluding hydrogens is 376 g/mol. The highest BCUT2D eigenvalue weighted by atomic mass is 16.5. The number of nitriles is 2. The van der Waals surface area contributed by atoms with Crippen LogP contribution in [0.5, 0.6) is 0 Å². The van der Waals surface area contributed by atoms with Crippen molar-refractivity contribution in [3.05, 3.63) is 89.5 Å². The Labute approximate surface area is 172 Å². The second-order valence-electron chi connectivity index (χ2n) is 6.44.